The van der Waals surface area contributed by atoms with Gasteiger partial charge in [0.15, 0.2) is 0 Å². The topological polar surface area (TPSA) is 29.3 Å². The summed E-state index contributed by atoms with van der Waals surface area (Å²) in [5.74, 6) is 3.46. The summed E-state index contributed by atoms with van der Waals surface area (Å²) in [5.41, 5.74) is 6.38. The summed E-state index contributed by atoms with van der Waals surface area (Å²) >= 11 is 2.08. The molecule has 2 N–H and O–H groups in total. The Morgan fingerprint density at radius 3 is 2.80 bits per heavy atom. The number of hydrogen-bond donors (Lipinski definition) is 1. The van der Waals surface area contributed by atoms with E-state index in [1.165, 1.54) is 37.3 Å². The molecule has 2 aliphatic heterocycles. The number of nitrogens with zero attached hydrogens (tertiary/aromatic N) is 1. The third-order valence-electron chi connectivity index (χ3n) is 4.21. The largest absolute Gasteiger partial charge is 0.329 e. The number of thioether (sulfide) groups is 1. The van der Waals surface area contributed by atoms with Crippen LogP contribution >= 0.6 is 11.8 Å². The van der Waals surface area contributed by atoms with Crippen LogP contribution in [-0.2, 0) is 0 Å². The zero-order chi connectivity index (χ0) is 10.9. The Bertz CT molecular complexity index is 214. The lowest BCUT2D eigenvalue weighted by atomic mass is 9.86. The molecule has 3 atom stereocenters. The summed E-state index contributed by atoms with van der Waals surface area (Å²) in [6, 6.07) is 0.732. The number of rotatable bonds is 2. The lowest BCUT2D eigenvalue weighted by molar-refractivity contribution is 0.0301. The monoisotopic (exact) mass is 228 g/mol. The Kier molecular flexibility index (Phi) is 3.63. The molecule has 0 aromatic carbocycles. The van der Waals surface area contributed by atoms with Gasteiger partial charge >= 0.3 is 0 Å². The molecule has 15 heavy (non-hydrogen) atoms. The van der Waals surface area contributed by atoms with Crippen LogP contribution < -0.4 is 5.73 Å². The van der Waals surface area contributed by atoms with Crippen molar-refractivity contribution in [2.75, 3.05) is 24.6 Å². The molecule has 0 aliphatic carbocycles. The Hall–Kier alpha value is 0.270. The van der Waals surface area contributed by atoms with Gasteiger partial charge in [0.1, 0.15) is 0 Å². The second kappa shape index (κ2) is 4.64. The van der Waals surface area contributed by atoms with E-state index in [0.717, 1.165) is 18.5 Å². The van der Waals surface area contributed by atoms with Gasteiger partial charge in [0.2, 0.25) is 0 Å². The van der Waals surface area contributed by atoms with E-state index < -0.39 is 0 Å². The van der Waals surface area contributed by atoms with Crippen molar-refractivity contribution in [3.05, 3.63) is 0 Å². The Morgan fingerprint density at radius 2 is 2.27 bits per heavy atom. The average molecular weight is 228 g/mol. The van der Waals surface area contributed by atoms with Crippen molar-refractivity contribution < 1.29 is 0 Å². The molecular formula is C12H24N2S. The molecule has 0 radical (unpaired) electrons. The molecule has 0 amide bonds. The highest BCUT2D eigenvalue weighted by molar-refractivity contribution is 7.99. The molecule has 2 fully saturated rings. The zero-order valence-corrected chi connectivity index (χ0v) is 10.9. The van der Waals surface area contributed by atoms with Crippen molar-refractivity contribution in [1.29, 1.82) is 0 Å². The molecule has 0 bridgehead atoms. The van der Waals surface area contributed by atoms with Gasteiger partial charge in [0, 0.05) is 23.9 Å². The molecule has 3 heteroatoms. The predicted molar refractivity (Wildman–Crippen MR) is 68.3 cm³/mol. The summed E-state index contributed by atoms with van der Waals surface area (Å²) in [5, 5.41) is 0. The fourth-order valence-electron chi connectivity index (χ4n) is 3.21. The first-order valence-electron chi connectivity index (χ1n) is 6.22. The SMILES string of the molecule is CC1CCN(C2(CN)CCSC2)C(C)C1. The molecule has 0 saturated carbocycles. The maximum absolute atomic E-state index is 6.04. The lowest BCUT2D eigenvalue weighted by Gasteiger charge is -2.48. The maximum atomic E-state index is 6.04. The molecule has 2 nitrogen and oxygen atoms in total. The molecule has 0 spiro atoms. The van der Waals surface area contributed by atoms with Gasteiger partial charge in [0.05, 0.1) is 0 Å². The molecule has 2 aliphatic rings. The number of likely N-dealkylation sites (tertiary alicyclic amines) is 1. The van der Waals surface area contributed by atoms with Crippen LogP contribution in [0.3, 0.4) is 0 Å². The molecule has 0 aromatic rings. The van der Waals surface area contributed by atoms with E-state index in [1.54, 1.807) is 0 Å². The second-order valence-corrected chi connectivity index (χ2v) is 6.51. The van der Waals surface area contributed by atoms with Gasteiger partial charge in [-0.2, -0.15) is 11.8 Å². The van der Waals surface area contributed by atoms with Crippen LogP contribution in [-0.4, -0.2) is 41.1 Å². The minimum absolute atomic E-state index is 0.338. The molecule has 3 unspecified atom stereocenters. The highest BCUT2D eigenvalue weighted by Crippen LogP contribution is 2.37. The first-order chi connectivity index (χ1) is 7.18. The summed E-state index contributed by atoms with van der Waals surface area (Å²) in [6.07, 6.45) is 4.01. The fourth-order valence-corrected chi connectivity index (χ4v) is 4.69. The predicted octanol–water partition coefficient (Wildman–Crippen LogP) is 1.94. The van der Waals surface area contributed by atoms with Crippen LogP contribution in [0.15, 0.2) is 0 Å². The summed E-state index contributed by atoms with van der Waals surface area (Å²) < 4.78 is 0. The van der Waals surface area contributed by atoms with E-state index in [9.17, 15) is 0 Å². The van der Waals surface area contributed by atoms with Crippen LogP contribution in [0.2, 0.25) is 0 Å². The zero-order valence-electron chi connectivity index (χ0n) is 10.0. The standard InChI is InChI=1S/C12H24N2S/c1-10-3-5-14(11(2)7-10)12(8-13)4-6-15-9-12/h10-11H,3-9,13H2,1-2H3. The quantitative estimate of drug-likeness (QED) is 0.783. The number of hydrogen-bond acceptors (Lipinski definition) is 3. The normalized spacial score (nSPS) is 43.4. The van der Waals surface area contributed by atoms with E-state index in [2.05, 4.69) is 30.5 Å². The minimum atomic E-state index is 0.338. The summed E-state index contributed by atoms with van der Waals surface area (Å²) in [4.78, 5) is 2.72. The van der Waals surface area contributed by atoms with Crippen LogP contribution in [0, 0.1) is 5.92 Å². The van der Waals surface area contributed by atoms with Crippen molar-refractivity contribution in [1.82, 2.24) is 4.90 Å². The third kappa shape index (κ3) is 2.20. The summed E-state index contributed by atoms with van der Waals surface area (Å²) in [6.45, 7) is 6.88. The number of piperidine rings is 1. The molecule has 2 heterocycles. The van der Waals surface area contributed by atoms with Crippen LogP contribution in [0.4, 0.5) is 0 Å². The third-order valence-corrected chi connectivity index (χ3v) is 5.44. The highest BCUT2D eigenvalue weighted by atomic mass is 32.2. The van der Waals surface area contributed by atoms with Gasteiger partial charge in [-0.25, -0.2) is 0 Å². The molecule has 2 saturated heterocycles. The van der Waals surface area contributed by atoms with Crippen molar-refractivity contribution in [3.8, 4) is 0 Å². The van der Waals surface area contributed by atoms with Crippen molar-refractivity contribution in [2.24, 2.45) is 11.7 Å². The lowest BCUT2D eigenvalue weighted by Crippen LogP contribution is -2.59. The van der Waals surface area contributed by atoms with Crippen LogP contribution in [0.5, 0.6) is 0 Å². The van der Waals surface area contributed by atoms with Gasteiger partial charge in [-0.3, -0.25) is 4.90 Å². The number of nitrogens with two attached hydrogens (primary N) is 1. The Balaban J connectivity index is 2.07. The van der Waals surface area contributed by atoms with Gasteiger partial charge in [-0.15, -0.1) is 0 Å². The first kappa shape index (κ1) is 11.7. The first-order valence-corrected chi connectivity index (χ1v) is 7.38. The van der Waals surface area contributed by atoms with E-state index in [-0.39, 0.29) is 0 Å². The maximum Gasteiger partial charge on any atom is 0.0432 e. The molecule has 88 valence electrons. The van der Waals surface area contributed by atoms with Crippen LogP contribution in [0.1, 0.15) is 33.1 Å². The van der Waals surface area contributed by atoms with E-state index in [0.29, 0.717) is 5.54 Å². The van der Waals surface area contributed by atoms with Gasteiger partial charge in [-0.05, 0) is 44.4 Å². The van der Waals surface area contributed by atoms with Gasteiger partial charge in [-0.1, -0.05) is 6.92 Å². The molecular weight excluding hydrogens is 204 g/mol. The fraction of sp³-hybridized carbons (Fsp3) is 1.00. The molecule has 0 aromatic heterocycles. The van der Waals surface area contributed by atoms with Crippen molar-refractivity contribution in [3.63, 3.8) is 0 Å². The van der Waals surface area contributed by atoms with Crippen molar-refractivity contribution >= 4 is 11.8 Å². The van der Waals surface area contributed by atoms with Crippen molar-refractivity contribution in [2.45, 2.75) is 44.7 Å². The van der Waals surface area contributed by atoms with Gasteiger partial charge < -0.3 is 5.73 Å². The highest BCUT2D eigenvalue weighted by Gasteiger charge is 2.42. The smallest absolute Gasteiger partial charge is 0.0432 e. The summed E-state index contributed by atoms with van der Waals surface area (Å²) in [7, 11) is 0. The average Bonchev–Trinajstić information content (AvgIpc) is 2.67. The molecule has 2 rings (SSSR count). The second-order valence-electron chi connectivity index (χ2n) is 5.40. The van der Waals surface area contributed by atoms with Gasteiger partial charge in [0.25, 0.3) is 0 Å². The van der Waals surface area contributed by atoms with Crippen LogP contribution in [0.25, 0.3) is 0 Å². The Labute approximate surface area is 98.0 Å². The van der Waals surface area contributed by atoms with E-state index in [4.69, 9.17) is 5.73 Å². The Morgan fingerprint density at radius 1 is 1.47 bits per heavy atom. The van der Waals surface area contributed by atoms with E-state index >= 15 is 0 Å². The minimum Gasteiger partial charge on any atom is -0.329 e. The van der Waals surface area contributed by atoms with E-state index in [1.807, 2.05) is 0 Å².